The molecule has 1 unspecified atom stereocenters. The van der Waals surface area contributed by atoms with E-state index in [1.807, 2.05) is 0 Å². The molecular formula is C15H18N2O. The summed E-state index contributed by atoms with van der Waals surface area (Å²) >= 11 is 0. The van der Waals surface area contributed by atoms with Crippen LogP contribution in [0.4, 0.5) is 0 Å². The van der Waals surface area contributed by atoms with Gasteiger partial charge in [0, 0.05) is 0 Å². The van der Waals surface area contributed by atoms with Gasteiger partial charge >= 0.3 is 0 Å². The molecule has 2 N–H and O–H groups in total. The van der Waals surface area contributed by atoms with Crippen molar-refractivity contribution >= 4 is 16.7 Å². The molecule has 0 bridgehead atoms. The van der Waals surface area contributed by atoms with Crippen molar-refractivity contribution in [3.05, 3.63) is 48.5 Å². The minimum atomic E-state index is 0.0972. The van der Waals surface area contributed by atoms with E-state index in [9.17, 15) is 4.79 Å². The van der Waals surface area contributed by atoms with E-state index in [1.54, 1.807) is 0 Å². The average molecular weight is 242 g/mol. The van der Waals surface area contributed by atoms with Crippen LogP contribution in [-0.2, 0) is 4.79 Å². The molecule has 0 aliphatic carbocycles. The van der Waals surface area contributed by atoms with Crippen LogP contribution in [0, 0.1) is 0 Å². The molecule has 1 aliphatic rings. The van der Waals surface area contributed by atoms with Gasteiger partial charge in [-0.3, -0.25) is 10.2 Å². The highest BCUT2D eigenvalue weighted by Crippen LogP contribution is 2.11. The number of rotatable bonds is 2. The van der Waals surface area contributed by atoms with Crippen molar-refractivity contribution in [1.82, 2.24) is 10.9 Å². The summed E-state index contributed by atoms with van der Waals surface area (Å²) < 4.78 is 0. The summed E-state index contributed by atoms with van der Waals surface area (Å²) in [5, 5.41) is 2.62. The largest absolute Gasteiger partial charge is 0.289 e. The number of carbonyl (C=O) groups is 1. The van der Waals surface area contributed by atoms with Gasteiger partial charge in [-0.15, -0.1) is 0 Å². The van der Waals surface area contributed by atoms with E-state index in [1.165, 1.54) is 10.8 Å². The van der Waals surface area contributed by atoms with Crippen LogP contribution in [0.15, 0.2) is 48.5 Å². The molecule has 18 heavy (non-hydrogen) atoms. The van der Waals surface area contributed by atoms with Gasteiger partial charge in [0.1, 0.15) is 6.04 Å². The van der Waals surface area contributed by atoms with E-state index in [0.29, 0.717) is 0 Å². The lowest BCUT2D eigenvalue weighted by atomic mass is 10.1. The number of amides is 1. The Labute approximate surface area is 107 Å². The van der Waals surface area contributed by atoms with Gasteiger partial charge in [-0.25, -0.2) is 5.43 Å². The number of hydrogen-bond donors (Lipinski definition) is 2. The number of fused-ring (bicyclic) bond motifs is 1. The highest BCUT2D eigenvalue weighted by Gasteiger charge is 2.24. The normalized spacial score (nSPS) is 17.4. The van der Waals surface area contributed by atoms with Gasteiger partial charge in [-0.05, 0) is 17.2 Å². The summed E-state index contributed by atoms with van der Waals surface area (Å²) in [6.07, 6.45) is 2.01. The third-order valence-corrected chi connectivity index (χ3v) is 2.92. The van der Waals surface area contributed by atoms with Gasteiger partial charge in [0.2, 0.25) is 0 Å². The average Bonchev–Trinajstić information content (AvgIpc) is 2.44. The van der Waals surface area contributed by atoms with Gasteiger partial charge in [-0.1, -0.05) is 61.9 Å². The summed E-state index contributed by atoms with van der Waals surface area (Å²) in [7, 11) is 0. The lowest BCUT2D eigenvalue weighted by Gasteiger charge is -2.26. The van der Waals surface area contributed by atoms with E-state index in [0.717, 1.165) is 12.8 Å². The maximum atomic E-state index is 10.4. The maximum Gasteiger partial charge on any atom is 0.253 e. The van der Waals surface area contributed by atoms with Crippen molar-refractivity contribution in [1.29, 1.82) is 0 Å². The number of hydrazine groups is 1. The highest BCUT2D eigenvalue weighted by molar-refractivity contribution is 5.85. The van der Waals surface area contributed by atoms with E-state index in [-0.39, 0.29) is 11.9 Å². The fourth-order valence-electron chi connectivity index (χ4n) is 1.86. The summed E-state index contributed by atoms with van der Waals surface area (Å²) in [4.78, 5) is 10.4. The number of carbonyl (C=O) groups excluding carboxylic acids is 1. The summed E-state index contributed by atoms with van der Waals surface area (Å²) in [6.45, 7) is 2.06. The first-order chi connectivity index (χ1) is 8.81. The molecule has 1 saturated heterocycles. The van der Waals surface area contributed by atoms with Crippen molar-refractivity contribution in [2.75, 3.05) is 0 Å². The predicted molar refractivity (Wildman–Crippen MR) is 73.9 cm³/mol. The molecule has 3 rings (SSSR count). The second-order valence-corrected chi connectivity index (χ2v) is 4.32. The Morgan fingerprint density at radius 3 is 1.72 bits per heavy atom. The van der Waals surface area contributed by atoms with Crippen LogP contribution < -0.4 is 10.9 Å². The molecule has 3 nitrogen and oxygen atoms in total. The molecule has 2 aromatic carbocycles. The van der Waals surface area contributed by atoms with Crippen molar-refractivity contribution in [2.24, 2.45) is 0 Å². The lowest BCUT2D eigenvalue weighted by Crippen LogP contribution is -2.63. The summed E-state index contributed by atoms with van der Waals surface area (Å²) in [6, 6.07) is 16.8. The third kappa shape index (κ3) is 3.08. The number of nitrogens with one attached hydrogen (secondary N) is 2. The fraction of sp³-hybridized carbons (Fsp3) is 0.267. The molecule has 3 heteroatoms. The Hall–Kier alpha value is -1.87. The first kappa shape index (κ1) is 12.6. The maximum absolute atomic E-state index is 10.4. The van der Waals surface area contributed by atoms with E-state index in [4.69, 9.17) is 0 Å². The molecule has 94 valence electrons. The minimum Gasteiger partial charge on any atom is -0.289 e. The Morgan fingerprint density at radius 2 is 1.50 bits per heavy atom. The van der Waals surface area contributed by atoms with Crippen LogP contribution in [-0.4, -0.2) is 11.9 Å². The number of benzene rings is 2. The van der Waals surface area contributed by atoms with Crippen molar-refractivity contribution < 1.29 is 4.79 Å². The van der Waals surface area contributed by atoms with Crippen LogP contribution in [0.2, 0.25) is 0 Å². The summed E-state index contributed by atoms with van der Waals surface area (Å²) in [5.74, 6) is 0.131. The summed E-state index contributed by atoms with van der Waals surface area (Å²) in [5.41, 5.74) is 5.25. The first-order valence-corrected chi connectivity index (χ1v) is 6.30. The molecular weight excluding hydrogens is 224 g/mol. The van der Waals surface area contributed by atoms with Gasteiger partial charge in [0.25, 0.3) is 5.91 Å². The van der Waals surface area contributed by atoms with Crippen LogP contribution in [0.5, 0.6) is 0 Å². The Bertz CT molecular complexity index is 459. The van der Waals surface area contributed by atoms with E-state index >= 15 is 0 Å². The molecule has 2 aromatic rings. The molecule has 0 radical (unpaired) electrons. The Kier molecular flexibility index (Phi) is 4.31. The highest BCUT2D eigenvalue weighted by atomic mass is 16.2. The smallest absolute Gasteiger partial charge is 0.253 e. The standard InChI is InChI=1S/C10H8.C5H10N2O/c1-2-6-10-8-4-3-7-9(10)5-1;1-2-3-4-5(8)7-6-4/h1-8H;4,6H,2-3H2,1H3,(H,7,8). The molecule has 1 fully saturated rings. The molecule has 1 aliphatic heterocycles. The predicted octanol–water partition coefficient (Wildman–Crippen LogP) is 2.63. The van der Waals surface area contributed by atoms with Gasteiger partial charge in [0.05, 0.1) is 0 Å². The Balaban J connectivity index is 0.000000138. The number of hydrogen-bond acceptors (Lipinski definition) is 2. The van der Waals surface area contributed by atoms with Crippen LogP contribution >= 0.6 is 0 Å². The fourth-order valence-corrected chi connectivity index (χ4v) is 1.86. The topological polar surface area (TPSA) is 41.1 Å². The van der Waals surface area contributed by atoms with Crippen LogP contribution in [0.3, 0.4) is 0 Å². The second kappa shape index (κ2) is 6.17. The van der Waals surface area contributed by atoms with Crippen molar-refractivity contribution in [3.63, 3.8) is 0 Å². The molecule has 1 atom stereocenters. The van der Waals surface area contributed by atoms with E-state index < -0.39 is 0 Å². The molecule has 1 amide bonds. The quantitative estimate of drug-likeness (QED) is 0.850. The molecule has 1 heterocycles. The molecule has 0 saturated carbocycles. The SMILES string of the molecule is CCCC1NNC1=O.c1ccc2ccccc2c1. The van der Waals surface area contributed by atoms with Crippen LogP contribution in [0.25, 0.3) is 10.8 Å². The van der Waals surface area contributed by atoms with Crippen LogP contribution in [0.1, 0.15) is 19.8 Å². The minimum absolute atomic E-state index is 0.0972. The van der Waals surface area contributed by atoms with Gasteiger partial charge in [0.15, 0.2) is 0 Å². The van der Waals surface area contributed by atoms with Crippen molar-refractivity contribution in [2.45, 2.75) is 25.8 Å². The zero-order chi connectivity index (χ0) is 12.8. The zero-order valence-corrected chi connectivity index (χ0v) is 10.5. The second-order valence-electron chi connectivity index (χ2n) is 4.32. The Morgan fingerprint density at radius 1 is 1.00 bits per heavy atom. The van der Waals surface area contributed by atoms with Crippen molar-refractivity contribution in [3.8, 4) is 0 Å². The monoisotopic (exact) mass is 242 g/mol. The third-order valence-electron chi connectivity index (χ3n) is 2.92. The zero-order valence-electron chi connectivity index (χ0n) is 10.5. The molecule has 0 aromatic heterocycles. The van der Waals surface area contributed by atoms with Gasteiger partial charge < -0.3 is 0 Å². The lowest BCUT2D eigenvalue weighted by molar-refractivity contribution is -0.132. The first-order valence-electron chi connectivity index (χ1n) is 6.30. The molecule has 0 spiro atoms. The van der Waals surface area contributed by atoms with E-state index in [2.05, 4.69) is 66.3 Å². The van der Waals surface area contributed by atoms with Gasteiger partial charge in [-0.2, -0.15) is 0 Å².